The van der Waals surface area contributed by atoms with Crippen LogP contribution in [0.15, 0.2) is 12.1 Å². The lowest BCUT2D eigenvalue weighted by Crippen LogP contribution is -2.43. The van der Waals surface area contributed by atoms with E-state index in [0.29, 0.717) is 35.7 Å². The van der Waals surface area contributed by atoms with Crippen molar-refractivity contribution in [2.24, 2.45) is 28.3 Å². The molecule has 0 unspecified atom stereocenters. The molecule has 28 heavy (non-hydrogen) atoms. The van der Waals surface area contributed by atoms with Crippen LogP contribution in [0.2, 0.25) is 0 Å². The third kappa shape index (κ3) is 3.18. The Bertz CT molecular complexity index is 909. The summed E-state index contributed by atoms with van der Waals surface area (Å²) in [4.78, 5) is 12.2. The summed E-state index contributed by atoms with van der Waals surface area (Å²) in [5, 5.41) is 5.11. The fourth-order valence-electron chi connectivity index (χ4n) is 6.79. The van der Waals surface area contributed by atoms with Crippen LogP contribution in [0.5, 0.6) is 5.75 Å². The van der Waals surface area contributed by atoms with E-state index >= 15 is 0 Å². The van der Waals surface area contributed by atoms with E-state index in [4.69, 9.17) is 9.32 Å². The number of aryl methyl sites for hydroxylation is 2. The molecule has 3 aliphatic rings. The van der Waals surface area contributed by atoms with Gasteiger partial charge in [-0.3, -0.25) is 4.79 Å². The SMILES string of the molecule is CCc1cc2c(cc1OS(N)(=O)=O)CC[C@@H]1[C@@H]2CC[C@]2(C)[C@@H](C(C)=O)CC[C@@H]12. The summed E-state index contributed by atoms with van der Waals surface area (Å²) in [6.07, 6.45) is 7.12. The Morgan fingerprint density at radius 3 is 2.64 bits per heavy atom. The molecule has 0 bridgehead atoms. The summed E-state index contributed by atoms with van der Waals surface area (Å²) in [5.74, 6) is 2.68. The standard InChI is InChI=1S/C22H31NO4S/c1-4-14-11-18-15(12-21(14)27-28(23,25)26)5-6-17-16(18)9-10-22(3)19(13(2)24)7-8-20(17)22/h11-12,16-17,19-20H,4-10H2,1-3H3,(H2,23,25,26)/t16-,17+,19+,20-,22+/m0/s1. The van der Waals surface area contributed by atoms with E-state index in [9.17, 15) is 13.2 Å². The molecule has 0 saturated heterocycles. The third-order valence-electron chi connectivity index (χ3n) is 7.98. The first-order chi connectivity index (χ1) is 13.1. The minimum Gasteiger partial charge on any atom is -0.371 e. The normalized spacial score (nSPS) is 34.3. The first-order valence-electron chi connectivity index (χ1n) is 10.5. The van der Waals surface area contributed by atoms with Crippen LogP contribution in [0.4, 0.5) is 0 Å². The van der Waals surface area contributed by atoms with E-state index in [1.807, 2.05) is 13.0 Å². The Kier molecular flexibility index (Phi) is 4.86. The first-order valence-corrected chi connectivity index (χ1v) is 12.0. The van der Waals surface area contributed by atoms with Crippen LogP contribution in [-0.4, -0.2) is 14.2 Å². The van der Waals surface area contributed by atoms with Gasteiger partial charge < -0.3 is 4.18 Å². The fourth-order valence-corrected chi connectivity index (χ4v) is 7.20. The number of hydrogen-bond donors (Lipinski definition) is 1. The van der Waals surface area contributed by atoms with E-state index in [2.05, 4.69) is 13.0 Å². The highest BCUT2D eigenvalue weighted by molar-refractivity contribution is 7.84. The Hall–Kier alpha value is -1.40. The molecule has 154 valence electrons. The first kappa shape index (κ1) is 19.9. The molecule has 1 aromatic rings. The number of benzene rings is 1. The molecule has 0 amide bonds. The predicted octanol–water partition coefficient (Wildman–Crippen LogP) is 3.89. The van der Waals surface area contributed by atoms with Gasteiger partial charge in [-0.05, 0) is 97.8 Å². The maximum atomic E-state index is 12.2. The second-order valence-electron chi connectivity index (χ2n) is 9.29. The molecule has 0 radical (unpaired) electrons. The fraction of sp³-hybridized carbons (Fsp3) is 0.682. The Balaban J connectivity index is 1.69. The quantitative estimate of drug-likeness (QED) is 0.823. The van der Waals surface area contributed by atoms with E-state index in [1.165, 1.54) is 11.1 Å². The maximum absolute atomic E-state index is 12.2. The summed E-state index contributed by atoms with van der Waals surface area (Å²) in [6, 6.07) is 4.06. The Morgan fingerprint density at radius 1 is 1.25 bits per heavy atom. The van der Waals surface area contributed by atoms with Gasteiger partial charge >= 0.3 is 10.3 Å². The summed E-state index contributed by atoms with van der Waals surface area (Å²) in [5.41, 5.74) is 3.61. The summed E-state index contributed by atoms with van der Waals surface area (Å²) in [7, 11) is -4.03. The Morgan fingerprint density at radius 2 is 2.00 bits per heavy atom. The van der Waals surface area contributed by atoms with Gasteiger partial charge in [-0.1, -0.05) is 19.9 Å². The number of hydrogen-bond acceptors (Lipinski definition) is 4. The molecule has 0 aliphatic heterocycles. The van der Waals surface area contributed by atoms with Crippen LogP contribution in [-0.2, 0) is 27.9 Å². The van der Waals surface area contributed by atoms with Gasteiger partial charge in [0.15, 0.2) is 0 Å². The summed E-state index contributed by atoms with van der Waals surface area (Å²) in [6.45, 7) is 6.12. The second-order valence-corrected chi connectivity index (χ2v) is 10.4. The molecule has 5 nitrogen and oxygen atoms in total. The number of Topliss-reactive ketones (excluding diaryl/α,β-unsaturated/α-hetero) is 1. The summed E-state index contributed by atoms with van der Waals surface area (Å²) >= 11 is 0. The zero-order valence-electron chi connectivity index (χ0n) is 17.0. The maximum Gasteiger partial charge on any atom is 0.380 e. The lowest BCUT2D eigenvalue weighted by molar-refractivity contribution is -0.125. The lowest BCUT2D eigenvalue weighted by atomic mass is 9.54. The Labute approximate surface area is 168 Å². The number of fused-ring (bicyclic) bond motifs is 5. The summed E-state index contributed by atoms with van der Waals surface area (Å²) < 4.78 is 27.9. The highest BCUT2D eigenvalue weighted by Gasteiger charge is 2.55. The lowest BCUT2D eigenvalue weighted by Gasteiger charge is -2.50. The molecule has 3 aliphatic carbocycles. The molecule has 0 spiro atoms. The number of nitrogens with two attached hydrogens (primary N) is 1. The van der Waals surface area contributed by atoms with Crippen molar-refractivity contribution in [1.29, 1.82) is 0 Å². The average Bonchev–Trinajstić information content (AvgIpc) is 2.97. The average molecular weight is 406 g/mol. The van der Waals surface area contributed by atoms with Crippen molar-refractivity contribution < 1.29 is 17.4 Å². The van der Waals surface area contributed by atoms with Gasteiger partial charge in [0.25, 0.3) is 0 Å². The van der Waals surface area contributed by atoms with Crippen LogP contribution in [0.25, 0.3) is 0 Å². The van der Waals surface area contributed by atoms with Gasteiger partial charge in [-0.15, -0.1) is 0 Å². The number of carbonyl (C=O) groups is 1. The molecule has 2 fully saturated rings. The molecule has 6 heteroatoms. The van der Waals surface area contributed by atoms with Crippen LogP contribution in [0.1, 0.15) is 75.5 Å². The molecule has 1 aromatic carbocycles. The van der Waals surface area contributed by atoms with Crippen molar-refractivity contribution in [2.45, 2.75) is 71.6 Å². The molecule has 5 atom stereocenters. The number of carbonyl (C=O) groups excluding carboxylic acids is 1. The molecule has 4 rings (SSSR count). The molecule has 2 saturated carbocycles. The van der Waals surface area contributed by atoms with E-state index in [1.54, 1.807) is 6.92 Å². The van der Waals surface area contributed by atoms with Crippen molar-refractivity contribution in [3.8, 4) is 5.75 Å². The van der Waals surface area contributed by atoms with Gasteiger partial charge in [0.1, 0.15) is 11.5 Å². The molecule has 0 aromatic heterocycles. The van der Waals surface area contributed by atoms with E-state index in [0.717, 1.165) is 44.1 Å². The minimum atomic E-state index is -4.03. The molecular weight excluding hydrogens is 374 g/mol. The highest BCUT2D eigenvalue weighted by Crippen LogP contribution is 2.63. The third-order valence-corrected chi connectivity index (χ3v) is 8.40. The number of rotatable bonds is 4. The van der Waals surface area contributed by atoms with Gasteiger partial charge in [-0.25, -0.2) is 0 Å². The van der Waals surface area contributed by atoms with Crippen LogP contribution in [0, 0.1) is 23.2 Å². The van der Waals surface area contributed by atoms with Crippen LogP contribution < -0.4 is 9.32 Å². The van der Waals surface area contributed by atoms with Crippen LogP contribution in [0.3, 0.4) is 0 Å². The zero-order chi connectivity index (χ0) is 20.3. The van der Waals surface area contributed by atoms with Gasteiger partial charge in [0, 0.05) is 5.92 Å². The van der Waals surface area contributed by atoms with Crippen molar-refractivity contribution in [3.63, 3.8) is 0 Å². The smallest absolute Gasteiger partial charge is 0.371 e. The van der Waals surface area contributed by atoms with Crippen molar-refractivity contribution in [1.82, 2.24) is 0 Å². The largest absolute Gasteiger partial charge is 0.380 e. The second kappa shape index (κ2) is 6.84. The topological polar surface area (TPSA) is 86.5 Å². The van der Waals surface area contributed by atoms with Gasteiger partial charge in [0.2, 0.25) is 0 Å². The van der Waals surface area contributed by atoms with Crippen LogP contribution >= 0.6 is 0 Å². The van der Waals surface area contributed by atoms with Crippen molar-refractivity contribution in [3.05, 3.63) is 28.8 Å². The molecule has 0 heterocycles. The predicted molar refractivity (Wildman–Crippen MR) is 108 cm³/mol. The monoisotopic (exact) mass is 405 g/mol. The molecular formula is C22H31NO4S. The van der Waals surface area contributed by atoms with Gasteiger partial charge in [-0.2, -0.15) is 13.6 Å². The van der Waals surface area contributed by atoms with E-state index < -0.39 is 10.3 Å². The molecule has 2 N–H and O–H groups in total. The number of ketones is 1. The highest BCUT2D eigenvalue weighted by atomic mass is 32.2. The van der Waals surface area contributed by atoms with E-state index in [-0.39, 0.29) is 11.3 Å². The minimum absolute atomic E-state index is 0.148. The van der Waals surface area contributed by atoms with Crippen molar-refractivity contribution >= 4 is 16.1 Å². The van der Waals surface area contributed by atoms with Crippen molar-refractivity contribution in [2.75, 3.05) is 0 Å². The zero-order valence-corrected chi connectivity index (χ0v) is 17.8. The van der Waals surface area contributed by atoms with Gasteiger partial charge in [0.05, 0.1) is 0 Å².